The number of carbonyl (C=O) groups is 1. The Bertz CT molecular complexity index is 695. The lowest BCUT2D eigenvalue weighted by atomic mass is 10.1. The smallest absolute Gasteiger partial charge is 0.335 e. The first kappa shape index (κ1) is 13.6. The van der Waals surface area contributed by atoms with Crippen LogP contribution < -0.4 is 5.56 Å². The lowest BCUT2D eigenvalue weighted by Gasteiger charge is -2.07. The maximum absolute atomic E-state index is 11.8. The molecule has 1 aromatic carbocycles. The van der Waals surface area contributed by atoms with Crippen molar-refractivity contribution in [3.05, 3.63) is 68.1 Å². The summed E-state index contributed by atoms with van der Waals surface area (Å²) in [5.41, 5.74) is 0.478. The Morgan fingerprint density at radius 1 is 1.26 bits per heavy atom. The van der Waals surface area contributed by atoms with Crippen molar-refractivity contribution in [1.29, 1.82) is 0 Å². The SMILES string of the molecule is O=C(O)c1cccc(Cn2cc(Cl)cc(Cl)c2=O)c1. The number of pyridine rings is 1. The summed E-state index contributed by atoms with van der Waals surface area (Å²) in [6, 6.07) is 7.71. The van der Waals surface area contributed by atoms with E-state index >= 15 is 0 Å². The van der Waals surface area contributed by atoms with E-state index in [9.17, 15) is 9.59 Å². The predicted octanol–water partition coefficient (Wildman–Crippen LogP) is 2.90. The van der Waals surface area contributed by atoms with E-state index in [-0.39, 0.29) is 22.7 Å². The molecule has 0 radical (unpaired) electrons. The summed E-state index contributed by atoms with van der Waals surface area (Å²) in [4.78, 5) is 22.7. The van der Waals surface area contributed by atoms with Gasteiger partial charge in [-0.05, 0) is 23.8 Å². The number of nitrogens with zero attached hydrogens (tertiary/aromatic N) is 1. The topological polar surface area (TPSA) is 59.3 Å². The highest BCUT2D eigenvalue weighted by Gasteiger charge is 2.07. The minimum Gasteiger partial charge on any atom is -0.478 e. The second kappa shape index (κ2) is 5.47. The van der Waals surface area contributed by atoms with Crippen LogP contribution in [0.15, 0.2) is 41.3 Å². The summed E-state index contributed by atoms with van der Waals surface area (Å²) in [6.07, 6.45) is 1.46. The molecule has 0 aliphatic carbocycles. The minimum absolute atomic E-state index is 0.0295. The highest BCUT2D eigenvalue weighted by Crippen LogP contribution is 2.13. The van der Waals surface area contributed by atoms with E-state index < -0.39 is 5.97 Å². The fourth-order valence-electron chi connectivity index (χ4n) is 1.68. The second-order valence-corrected chi connectivity index (χ2v) is 4.79. The van der Waals surface area contributed by atoms with Gasteiger partial charge in [0.25, 0.3) is 5.56 Å². The Hall–Kier alpha value is -1.78. The molecule has 98 valence electrons. The van der Waals surface area contributed by atoms with E-state index in [0.717, 1.165) is 0 Å². The molecule has 0 bridgehead atoms. The van der Waals surface area contributed by atoms with Crippen molar-refractivity contribution in [3.63, 3.8) is 0 Å². The fourth-order valence-corrected chi connectivity index (χ4v) is 2.19. The summed E-state index contributed by atoms with van der Waals surface area (Å²) in [7, 11) is 0. The van der Waals surface area contributed by atoms with Crippen molar-refractivity contribution >= 4 is 29.2 Å². The van der Waals surface area contributed by atoms with Crippen LogP contribution in [0.25, 0.3) is 0 Å². The van der Waals surface area contributed by atoms with Gasteiger partial charge in [-0.15, -0.1) is 0 Å². The third-order valence-corrected chi connectivity index (χ3v) is 3.01. The van der Waals surface area contributed by atoms with Gasteiger partial charge in [-0.25, -0.2) is 4.79 Å². The van der Waals surface area contributed by atoms with Gasteiger partial charge in [-0.2, -0.15) is 0 Å². The third-order valence-electron chi connectivity index (χ3n) is 2.54. The van der Waals surface area contributed by atoms with Gasteiger partial charge in [0.15, 0.2) is 0 Å². The van der Waals surface area contributed by atoms with E-state index in [1.165, 1.54) is 29.0 Å². The Balaban J connectivity index is 2.39. The maximum atomic E-state index is 11.8. The quantitative estimate of drug-likeness (QED) is 0.947. The molecule has 0 saturated carbocycles. The zero-order valence-corrected chi connectivity index (χ0v) is 11.1. The van der Waals surface area contributed by atoms with E-state index in [4.69, 9.17) is 28.3 Å². The van der Waals surface area contributed by atoms with E-state index in [1.807, 2.05) is 0 Å². The van der Waals surface area contributed by atoms with Crippen molar-refractivity contribution < 1.29 is 9.90 Å². The second-order valence-electron chi connectivity index (χ2n) is 3.94. The van der Waals surface area contributed by atoms with Crippen LogP contribution in [-0.4, -0.2) is 15.6 Å². The molecule has 0 fully saturated rings. The molecule has 4 nitrogen and oxygen atoms in total. The third kappa shape index (κ3) is 3.16. The molecule has 0 unspecified atom stereocenters. The Morgan fingerprint density at radius 3 is 2.68 bits per heavy atom. The Morgan fingerprint density at radius 2 is 2.00 bits per heavy atom. The van der Waals surface area contributed by atoms with E-state index in [2.05, 4.69) is 0 Å². The van der Waals surface area contributed by atoms with Gasteiger partial charge in [-0.1, -0.05) is 35.3 Å². The first-order chi connectivity index (χ1) is 8.97. The van der Waals surface area contributed by atoms with Crippen molar-refractivity contribution in [2.75, 3.05) is 0 Å². The van der Waals surface area contributed by atoms with E-state index in [0.29, 0.717) is 10.6 Å². The van der Waals surface area contributed by atoms with Crippen LogP contribution >= 0.6 is 23.2 Å². The lowest BCUT2D eigenvalue weighted by Crippen LogP contribution is -2.20. The summed E-state index contributed by atoms with van der Waals surface area (Å²) in [5.74, 6) is -1.02. The Kier molecular flexibility index (Phi) is 3.93. The van der Waals surface area contributed by atoms with Gasteiger partial charge in [-0.3, -0.25) is 4.79 Å². The first-order valence-corrected chi connectivity index (χ1v) is 6.10. The van der Waals surface area contributed by atoms with Crippen LogP contribution in [-0.2, 0) is 6.54 Å². The van der Waals surface area contributed by atoms with Gasteiger partial charge in [0.05, 0.1) is 17.1 Å². The van der Waals surface area contributed by atoms with Crippen LogP contribution in [0.5, 0.6) is 0 Å². The van der Waals surface area contributed by atoms with Gasteiger partial charge in [0.2, 0.25) is 0 Å². The molecule has 2 rings (SSSR count). The molecule has 0 amide bonds. The number of hydrogen-bond acceptors (Lipinski definition) is 2. The van der Waals surface area contributed by atoms with E-state index in [1.54, 1.807) is 12.1 Å². The maximum Gasteiger partial charge on any atom is 0.335 e. The summed E-state index contributed by atoms with van der Waals surface area (Å²) >= 11 is 11.6. The van der Waals surface area contributed by atoms with Crippen molar-refractivity contribution in [2.45, 2.75) is 6.54 Å². The molecule has 0 spiro atoms. The molecular weight excluding hydrogens is 289 g/mol. The van der Waals surface area contributed by atoms with Gasteiger partial charge in [0, 0.05) is 6.20 Å². The number of benzene rings is 1. The minimum atomic E-state index is -1.02. The average molecular weight is 298 g/mol. The lowest BCUT2D eigenvalue weighted by molar-refractivity contribution is 0.0696. The first-order valence-electron chi connectivity index (χ1n) is 5.35. The number of rotatable bonds is 3. The zero-order valence-electron chi connectivity index (χ0n) is 9.64. The summed E-state index contributed by atoms with van der Waals surface area (Å²) in [5, 5.41) is 9.28. The highest BCUT2D eigenvalue weighted by molar-refractivity contribution is 6.34. The summed E-state index contributed by atoms with van der Waals surface area (Å²) in [6.45, 7) is 0.209. The number of hydrogen-bond donors (Lipinski definition) is 1. The number of carboxylic acid groups (broad SMARTS) is 1. The number of halogens is 2. The molecule has 2 aromatic rings. The average Bonchev–Trinajstić information content (AvgIpc) is 2.35. The van der Waals surface area contributed by atoms with Crippen LogP contribution in [0.2, 0.25) is 10.0 Å². The van der Waals surface area contributed by atoms with Crippen molar-refractivity contribution in [2.24, 2.45) is 0 Å². The van der Waals surface area contributed by atoms with Crippen LogP contribution in [0, 0.1) is 0 Å². The Labute approximate surface area is 118 Å². The molecule has 0 saturated heterocycles. The fraction of sp³-hybridized carbons (Fsp3) is 0.0769. The van der Waals surface area contributed by atoms with Gasteiger partial charge >= 0.3 is 5.97 Å². The predicted molar refractivity (Wildman–Crippen MR) is 73.2 cm³/mol. The van der Waals surface area contributed by atoms with Crippen molar-refractivity contribution in [3.8, 4) is 0 Å². The molecule has 1 N–H and O–H groups in total. The van der Waals surface area contributed by atoms with Gasteiger partial charge < -0.3 is 9.67 Å². The normalized spacial score (nSPS) is 10.4. The highest BCUT2D eigenvalue weighted by atomic mass is 35.5. The van der Waals surface area contributed by atoms with Crippen LogP contribution in [0.4, 0.5) is 0 Å². The van der Waals surface area contributed by atoms with Crippen LogP contribution in [0.3, 0.4) is 0 Å². The number of carboxylic acids is 1. The molecule has 1 heterocycles. The van der Waals surface area contributed by atoms with Crippen LogP contribution in [0.1, 0.15) is 15.9 Å². The molecule has 19 heavy (non-hydrogen) atoms. The molecular formula is C13H9Cl2NO3. The van der Waals surface area contributed by atoms with Crippen molar-refractivity contribution in [1.82, 2.24) is 4.57 Å². The number of aromatic nitrogens is 1. The molecule has 1 aromatic heterocycles. The van der Waals surface area contributed by atoms with Gasteiger partial charge in [0.1, 0.15) is 5.02 Å². The standard InChI is InChI=1S/C13H9Cl2NO3/c14-10-5-11(15)12(17)16(7-10)6-8-2-1-3-9(4-8)13(18)19/h1-5,7H,6H2,(H,18,19). The molecule has 6 heteroatoms. The molecule has 0 atom stereocenters. The molecule has 0 aliphatic rings. The summed E-state index contributed by atoms with van der Waals surface area (Å²) < 4.78 is 1.34. The monoisotopic (exact) mass is 297 g/mol. The zero-order chi connectivity index (χ0) is 14.0. The number of aromatic carboxylic acids is 1. The molecule has 0 aliphatic heterocycles. The largest absolute Gasteiger partial charge is 0.478 e.